The van der Waals surface area contributed by atoms with E-state index in [1.165, 1.54) is 12.1 Å². The van der Waals surface area contributed by atoms with Gasteiger partial charge in [0.15, 0.2) is 0 Å². The molecule has 6 heteroatoms. The number of carbonyl (C=O) groups is 1. The number of nitrogens with one attached hydrogen (secondary N) is 1. The van der Waals surface area contributed by atoms with Crippen LogP contribution in [0, 0.1) is 12.7 Å². The summed E-state index contributed by atoms with van der Waals surface area (Å²) in [6, 6.07) is 6.09. The molecular formula is C17H23FN4O. The summed E-state index contributed by atoms with van der Waals surface area (Å²) in [6.45, 7) is 2.62. The van der Waals surface area contributed by atoms with Crippen molar-refractivity contribution in [2.75, 3.05) is 20.6 Å². The molecule has 1 aromatic heterocycles. The number of rotatable bonds is 6. The van der Waals surface area contributed by atoms with Crippen LogP contribution in [0.3, 0.4) is 0 Å². The van der Waals surface area contributed by atoms with Crippen LogP contribution in [-0.4, -0.2) is 41.2 Å². The van der Waals surface area contributed by atoms with Crippen molar-refractivity contribution in [2.24, 2.45) is 7.05 Å². The molecule has 0 bridgehead atoms. The lowest BCUT2D eigenvalue weighted by molar-refractivity contribution is 0.0932. The molecule has 0 saturated heterocycles. The van der Waals surface area contributed by atoms with Crippen LogP contribution in [0.5, 0.6) is 0 Å². The lowest BCUT2D eigenvalue weighted by Crippen LogP contribution is -2.31. The van der Waals surface area contributed by atoms with Gasteiger partial charge in [-0.2, -0.15) is 5.10 Å². The van der Waals surface area contributed by atoms with Gasteiger partial charge in [0.05, 0.1) is 17.3 Å². The van der Waals surface area contributed by atoms with Gasteiger partial charge in [-0.3, -0.25) is 9.48 Å². The van der Waals surface area contributed by atoms with Gasteiger partial charge in [0.2, 0.25) is 0 Å². The third-order valence-corrected chi connectivity index (χ3v) is 3.70. The van der Waals surface area contributed by atoms with Crippen LogP contribution in [0.15, 0.2) is 30.5 Å². The minimum atomic E-state index is -0.283. The second-order valence-electron chi connectivity index (χ2n) is 5.97. The molecule has 0 saturated carbocycles. The Hall–Kier alpha value is -2.21. The van der Waals surface area contributed by atoms with Gasteiger partial charge in [0, 0.05) is 13.2 Å². The molecule has 0 spiro atoms. The molecule has 0 fully saturated rings. The molecule has 0 aliphatic rings. The summed E-state index contributed by atoms with van der Waals surface area (Å²) < 4.78 is 14.8. The molecule has 0 aliphatic carbocycles. The Morgan fingerprint density at radius 3 is 2.52 bits per heavy atom. The van der Waals surface area contributed by atoms with Gasteiger partial charge in [-0.05, 0) is 51.7 Å². The maximum atomic E-state index is 13.1. The van der Waals surface area contributed by atoms with Crippen molar-refractivity contribution in [3.63, 3.8) is 0 Å². The zero-order valence-electron chi connectivity index (χ0n) is 14.0. The standard InChI is InChI=1S/C17H23FN4O/c1-12-15(11-22(4)20-12)17(23)19-16(9-10-21(2)3)13-5-7-14(18)8-6-13/h5-8,11,16H,9-10H2,1-4H3,(H,19,23). The highest BCUT2D eigenvalue weighted by Gasteiger charge is 2.19. The van der Waals surface area contributed by atoms with Gasteiger partial charge in [0.25, 0.3) is 5.91 Å². The lowest BCUT2D eigenvalue weighted by Gasteiger charge is -2.21. The number of benzene rings is 1. The molecule has 1 N–H and O–H groups in total. The van der Waals surface area contributed by atoms with Crippen molar-refractivity contribution >= 4 is 5.91 Å². The Balaban J connectivity index is 2.18. The molecule has 1 amide bonds. The van der Waals surface area contributed by atoms with E-state index in [-0.39, 0.29) is 17.8 Å². The summed E-state index contributed by atoms with van der Waals surface area (Å²) in [5.41, 5.74) is 2.14. The average molecular weight is 318 g/mol. The van der Waals surface area contributed by atoms with Crippen molar-refractivity contribution in [1.82, 2.24) is 20.0 Å². The third-order valence-electron chi connectivity index (χ3n) is 3.70. The van der Waals surface area contributed by atoms with Gasteiger partial charge in [-0.25, -0.2) is 4.39 Å². The molecule has 2 rings (SSSR count). The molecule has 0 radical (unpaired) electrons. The van der Waals surface area contributed by atoms with Gasteiger partial charge in [-0.1, -0.05) is 12.1 Å². The average Bonchev–Trinajstić information content (AvgIpc) is 2.83. The monoisotopic (exact) mass is 318 g/mol. The number of aromatic nitrogens is 2. The smallest absolute Gasteiger partial charge is 0.255 e. The number of carbonyl (C=O) groups excluding carboxylic acids is 1. The largest absolute Gasteiger partial charge is 0.345 e. The first-order chi connectivity index (χ1) is 10.9. The minimum absolute atomic E-state index is 0.163. The van der Waals surface area contributed by atoms with E-state index in [2.05, 4.69) is 15.3 Å². The minimum Gasteiger partial charge on any atom is -0.345 e. The summed E-state index contributed by atoms with van der Waals surface area (Å²) in [5.74, 6) is -0.446. The molecule has 0 aliphatic heterocycles. The second-order valence-corrected chi connectivity index (χ2v) is 5.97. The zero-order chi connectivity index (χ0) is 17.0. The fourth-order valence-corrected chi connectivity index (χ4v) is 2.46. The molecule has 1 heterocycles. The highest BCUT2D eigenvalue weighted by atomic mass is 19.1. The van der Waals surface area contributed by atoms with Gasteiger partial charge in [0.1, 0.15) is 5.82 Å². The molecule has 2 aromatic rings. The van der Waals surface area contributed by atoms with Gasteiger partial charge < -0.3 is 10.2 Å². The van der Waals surface area contributed by atoms with E-state index in [0.29, 0.717) is 11.3 Å². The van der Waals surface area contributed by atoms with E-state index in [1.807, 2.05) is 21.0 Å². The summed E-state index contributed by atoms with van der Waals surface area (Å²) in [6.07, 6.45) is 2.45. The van der Waals surface area contributed by atoms with Crippen molar-refractivity contribution < 1.29 is 9.18 Å². The predicted molar refractivity (Wildman–Crippen MR) is 87.7 cm³/mol. The third kappa shape index (κ3) is 4.63. The fourth-order valence-electron chi connectivity index (χ4n) is 2.46. The van der Waals surface area contributed by atoms with Crippen LogP contribution in [0.2, 0.25) is 0 Å². The number of amides is 1. The van der Waals surface area contributed by atoms with E-state index < -0.39 is 0 Å². The van der Waals surface area contributed by atoms with E-state index in [9.17, 15) is 9.18 Å². The Morgan fingerprint density at radius 2 is 2.00 bits per heavy atom. The van der Waals surface area contributed by atoms with E-state index in [4.69, 9.17) is 0 Å². The van der Waals surface area contributed by atoms with Crippen molar-refractivity contribution in [3.8, 4) is 0 Å². The van der Waals surface area contributed by atoms with Crippen molar-refractivity contribution in [3.05, 3.63) is 53.1 Å². The van der Waals surface area contributed by atoms with Gasteiger partial charge in [-0.15, -0.1) is 0 Å². The molecule has 5 nitrogen and oxygen atoms in total. The van der Waals surface area contributed by atoms with Crippen molar-refractivity contribution in [2.45, 2.75) is 19.4 Å². The molecule has 1 aromatic carbocycles. The summed E-state index contributed by atoms with van der Waals surface area (Å²) in [5, 5.41) is 7.23. The van der Waals surface area contributed by atoms with Crippen LogP contribution in [-0.2, 0) is 7.05 Å². The quantitative estimate of drug-likeness (QED) is 0.889. The highest BCUT2D eigenvalue weighted by Crippen LogP contribution is 2.19. The molecular weight excluding hydrogens is 295 g/mol. The van der Waals surface area contributed by atoms with E-state index >= 15 is 0 Å². The van der Waals surface area contributed by atoms with Gasteiger partial charge >= 0.3 is 0 Å². The number of halogens is 1. The number of hydrogen-bond acceptors (Lipinski definition) is 3. The Kier molecular flexibility index (Phi) is 5.50. The zero-order valence-corrected chi connectivity index (χ0v) is 14.0. The topological polar surface area (TPSA) is 50.2 Å². The summed E-state index contributed by atoms with van der Waals surface area (Å²) >= 11 is 0. The molecule has 23 heavy (non-hydrogen) atoms. The summed E-state index contributed by atoms with van der Waals surface area (Å²) in [4.78, 5) is 14.6. The second kappa shape index (κ2) is 7.37. The maximum absolute atomic E-state index is 13.1. The maximum Gasteiger partial charge on any atom is 0.255 e. The number of aryl methyl sites for hydroxylation is 2. The molecule has 1 unspecified atom stereocenters. The number of nitrogens with zero attached hydrogens (tertiary/aromatic N) is 3. The Bertz CT molecular complexity index is 664. The predicted octanol–water partition coefficient (Wildman–Crippen LogP) is 2.29. The highest BCUT2D eigenvalue weighted by molar-refractivity contribution is 5.95. The summed E-state index contributed by atoms with van der Waals surface area (Å²) in [7, 11) is 5.75. The van der Waals surface area contributed by atoms with Crippen LogP contribution in [0.4, 0.5) is 4.39 Å². The molecule has 1 atom stereocenters. The first-order valence-corrected chi connectivity index (χ1v) is 7.58. The first-order valence-electron chi connectivity index (χ1n) is 7.58. The van der Waals surface area contributed by atoms with Crippen LogP contribution in [0.25, 0.3) is 0 Å². The normalized spacial score (nSPS) is 12.4. The van der Waals surface area contributed by atoms with Crippen LogP contribution in [0.1, 0.15) is 34.1 Å². The van der Waals surface area contributed by atoms with Crippen molar-refractivity contribution in [1.29, 1.82) is 0 Å². The molecule has 124 valence electrons. The fraction of sp³-hybridized carbons (Fsp3) is 0.412. The Labute approximate surface area is 136 Å². The van der Waals surface area contributed by atoms with Crippen LogP contribution >= 0.6 is 0 Å². The van der Waals surface area contributed by atoms with E-state index in [0.717, 1.165) is 18.5 Å². The SMILES string of the molecule is Cc1nn(C)cc1C(=O)NC(CCN(C)C)c1ccc(F)cc1. The van der Waals surface area contributed by atoms with Crippen LogP contribution < -0.4 is 5.32 Å². The lowest BCUT2D eigenvalue weighted by atomic mass is 10.0. The first kappa shape index (κ1) is 17.1. The van der Waals surface area contributed by atoms with E-state index in [1.54, 1.807) is 30.1 Å². The Morgan fingerprint density at radius 1 is 1.35 bits per heavy atom. The number of hydrogen-bond donors (Lipinski definition) is 1.